The van der Waals surface area contributed by atoms with Gasteiger partial charge in [0.1, 0.15) is 0 Å². The smallest absolute Gasteiger partial charge is 0.317 e. The molecule has 1 fully saturated rings. The molecule has 2 amide bonds. The molecule has 0 radical (unpaired) electrons. The number of hydrogen-bond acceptors (Lipinski definition) is 1. The van der Waals surface area contributed by atoms with Gasteiger partial charge in [0.15, 0.2) is 0 Å². The van der Waals surface area contributed by atoms with Crippen LogP contribution in [0.5, 0.6) is 0 Å². The van der Waals surface area contributed by atoms with Crippen LogP contribution in [0.4, 0.5) is 4.79 Å². The summed E-state index contributed by atoms with van der Waals surface area (Å²) in [4.78, 5) is 12.9. The van der Waals surface area contributed by atoms with Crippen molar-refractivity contribution >= 4 is 17.6 Å². The topological polar surface area (TPSA) is 32.3 Å². The third-order valence-electron chi connectivity index (χ3n) is 2.40. The van der Waals surface area contributed by atoms with Crippen molar-refractivity contribution in [2.75, 3.05) is 14.1 Å². The van der Waals surface area contributed by atoms with Gasteiger partial charge in [-0.25, -0.2) is 4.79 Å². The molecule has 1 aliphatic carbocycles. The molecule has 1 saturated carbocycles. The number of rotatable bonds is 1. The van der Waals surface area contributed by atoms with Crippen molar-refractivity contribution in [3.8, 4) is 0 Å². The second-order valence-electron chi connectivity index (χ2n) is 3.75. The lowest BCUT2D eigenvalue weighted by Gasteiger charge is -2.28. The van der Waals surface area contributed by atoms with E-state index in [9.17, 15) is 4.79 Å². The van der Waals surface area contributed by atoms with Gasteiger partial charge in [-0.1, -0.05) is 12.8 Å². The summed E-state index contributed by atoms with van der Waals surface area (Å²) in [5.74, 6) is 0. The molecule has 76 valence electrons. The molecule has 0 spiro atoms. The summed E-state index contributed by atoms with van der Waals surface area (Å²) in [5.41, 5.74) is 0. The zero-order valence-electron chi connectivity index (χ0n) is 8.22. The number of urea groups is 1. The van der Waals surface area contributed by atoms with Crippen molar-refractivity contribution in [3.63, 3.8) is 0 Å². The maximum absolute atomic E-state index is 11.3. The maximum Gasteiger partial charge on any atom is 0.317 e. The number of nitrogens with zero attached hydrogens (tertiary/aromatic N) is 1. The van der Waals surface area contributed by atoms with Crippen LogP contribution < -0.4 is 5.32 Å². The standard InChI is InChI=1S/C9H17ClN2O/c1-12(2)9(13)11-8-6-4-3-5-7(8)10/h7-8H,3-6H2,1-2H3,(H,11,13)/t7-,8?/m0/s1. The molecule has 0 aromatic heterocycles. The Bertz CT molecular complexity index is 184. The summed E-state index contributed by atoms with van der Waals surface area (Å²) in [6.07, 6.45) is 4.37. The molecule has 0 bridgehead atoms. The molecule has 0 aliphatic heterocycles. The number of hydrogen-bond donors (Lipinski definition) is 1. The van der Waals surface area contributed by atoms with Crippen LogP contribution in [0.1, 0.15) is 25.7 Å². The third-order valence-corrected chi connectivity index (χ3v) is 2.92. The van der Waals surface area contributed by atoms with Crippen molar-refractivity contribution in [2.45, 2.75) is 37.1 Å². The van der Waals surface area contributed by atoms with E-state index in [4.69, 9.17) is 11.6 Å². The Morgan fingerprint density at radius 3 is 2.54 bits per heavy atom. The first-order valence-corrected chi connectivity index (χ1v) is 5.17. The lowest BCUT2D eigenvalue weighted by atomic mass is 9.95. The number of halogens is 1. The molecule has 1 unspecified atom stereocenters. The molecule has 0 saturated heterocycles. The Labute approximate surface area is 84.4 Å². The molecule has 13 heavy (non-hydrogen) atoms. The molecule has 0 heterocycles. The quantitative estimate of drug-likeness (QED) is 0.650. The van der Waals surface area contributed by atoms with Crippen LogP contribution >= 0.6 is 11.6 Å². The summed E-state index contributed by atoms with van der Waals surface area (Å²) in [7, 11) is 3.47. The molecule has 0 aromatic carbocycles. The van der Waals surface area contributed by atoms with Gasteiger partial charge in [-0.3, -0.25) is 0 Å². The van der Waals surface area contributed by atoms with Crippen molar-refractivity contribution < 1.29 is 4.79 Å². The van der Waals surface area contributed by atoms with E-state index in [1.165, 1.54) is 17.7 Å². The van der Waals surface area contributed by atoms with Crippen LogP contribution in [0, 0.1) is 0 Å². The summed E-state index contributed by atoms with van der Waals surface area (Å²) < 4.78 is 0. The average Bonchev–Trinajstić information content (AvgIpc) is 2.08. The zero-order valence-corrected chi connectivity index (χ0v) is 8.97. The number of carbonyl (C=O) groups is 1. The SMILES string of the molecule is CN(C)C(=O)NC1CCCC[C@@H]1Cl. The highest BCUT2D eigenvalue weighted by Gasteiger charge is 2.24. The molecule has 1 rings (SSSR count). The van der Waals surface area contributed by atoms with Crippen LogP contribution in [0.3, 0.4) is 0 Å². The molecular weight excluding hydrogens is 188 g/mol. The first kappa shape index (κ1) is 10.6. The van der Waals surface area contributed by atoms with Gasteiger partial charge in [-0.15, -0.1) is 11.6 Å². The first-order chi connectivity index (χ1) is 6.11. The summed E-state index contributed by atoms with van der Waals surface area (Å²) in [5, 5.41) is 3.03. The minimum Gasteiger partial charge on any atom is -0.334 e. The predicted molar refractivity (Wildman–Crippen MR) is 54.1 cm³/mol. The number of alkyl halides is 1. The lowest BCUT2D eigenvalue weighted by Crippen LogP contribution is -2.46. The number of amides is 2. The number of nitrogens with one attached hydrogen (secondary N) is 1. The minimum atomic E-state index is -0.0439. The van der Waals surface area contributed by atoms with Crippen molar-refractivity contribution in [2.24, 2.45) is 0 Å². The van der Waals surface area contributed by atoms with Gasteiger partial charge in [0.2, 0.25) is 0 Å². The van der Waals surface area contributed by atoms with Gasteiger partial charge >= 0.3 is 6.03 Å². The Kier molecular flexibility index (Phi) is 3.85. The lowest BCUT2D eigenvalue weighted by molar-refractivity contribution is 0.209. The number of carbonyl (C=O) groups excluding carboxylic acids is 1. The summed E-state index contributed by atoms with van der Waals surface area (Å²) in [6, 6.07) is 0.114. The van der Waals surface area contributed by atoms with Crippen LogP contribution in [-0.2, 0) is 0 Å². The van der Waals surface area contributed by atoms with E-state index >= 15 is 0 Å². The minimum absolute atomic E-state index is 0.0439. The predicted octanol–water partition coefficient (Wildman–Crippen LogP) is 1.81. The Balaban J connectivity index is 2.38. The molecule has 0 aromatic rings. The molecule has 4 heteroatoms. The third kappa shape index (κ3) is 3.07. The van der Waals surface area contributed by atoms with Gasteiger partial charge in [0.25, 0.3) is 0 Å². The van der Waals surface area contributed by atoms with Crippen molar-refractivity contribution in [1.82, 2.24) is 10.2 Å². The fourth-order valence-corrected chi connectivity index (χ4v) is 1.88. The van der Waals surface area contributed by atoms with E-state index in [0.717, 1.165) is 12.8 Å². The highest BCUT2D eigenvalue weighted by Crippen LogP contribution is 2.22. The normalized spacial score (nSPS) is 28.2. The monoisotopic (exact) mass is 204 g/mol. The molecule has 3 nitrogen and oxygen atoms in total. The molecule has 1 aliphatic rings. The summed E-state index contributed by atoms with van der Waals surface area (Å²) >= 11 is 6.10. The molecular formula is C9H17ClN2O. The van der Waals surface area contributed by atoms with Crippen LogP contribution in [0.25, 0.3) is 0 Å². The highest BCUT2D eigenvalue weighted by molar-refractivity contribution is 6.21. The highest BCUT2D eigenvalue weighted by atomic mass is 35.5. The Morgan fingerprint density at radius 1 is 1.38 bits per heavy atom. The second kappa shape index (κ2) is 4.70. The first-order valence-electron chi connectivity index (χ1n) is 4.73. The van der Waals surface area contributed by atoms with E-state index in [0.29, 0.717) is 0 Å². The largest absolute Gasteiger partial charge is 0.334 e. The van der Waals surface area contributed by atoms with Crippen molar-refractivity contribution in [1.29, 1.82) is 0 Å². The van der Waals surface area contributed by atoms with Gasteiger partial charge in [-0.05, 0) is 12.8 Å². The van der Waals surface area contributed by atoms with Gasteiger partial charge in [0, 0.05) is 20.1 Å². The zero-order chi connectivity index (χ0) is 9.84. The van der Waals surface area contributed by atoms with E-state index < -0.39 is 0 Å². The van der Waals surface area contributed by atoms with Gasteiger partial charge < -0.3 is 10.2 Å². The maximum atomic E-state index is 11.3. The average molecular weight is 205 g/mol. The second-order valence-corrected chi connectivity index (χ2v) is 4.31. The van der Waals surface area contributed by atoms with Gasteiger partial charge in [-0.2, -0.15) is 0 Å². The Morgan fingerprint density at radius 2 is 2.00 bits per heavy atom. The van der Waals surface area contributed by atoms with Gasteiger partial charge in [0.05, 0.1) is 5.38 Å². The van der Waals surface area contributed by atoms with E-state index in [1.807, 2.05) is 0 Å². The molecule has 2 atom stereocenters. The fourth-order valence-electron chi connectivity index (χ4n) is 1.54. The van der Waals surface area contributed by atoms with E-state index in [2.05, 4.69) is 5.32 Å². The Hall–Kier alpha value is -0.440. The fraction of sp³-hybridized carbons (Fsp3) is 0.889. The van der Waals surface area contributed by atoms with E-state index in [1.54, 1.807) is 14.1 Å². The van der Waals surface area contributed by atoms with Crippen LogP contribution in [-0.4, -0.2) is 36.4 Å². The van der Waals surface area contributed by atoms with Crippen molar-refractivity contribution in [3.05, 3.63) is 0 Å². The van der Waals surface area contributed by atoms with Crippen LogP contribution in [0.15, 0.2) is 0 Å². The van der Waals surface area contributed by atoms with Crippen LogP contribution in [0.2, 0.25) is 0 Å². The molecule has 1 N–H and O–H groups in total. The summed E-state index contributed by atoms with van der Waals surface area (Å²) in [6.45, 7) is 0. The van der Waals surface area contributed by atoms with E-state index in [-0.39, 0.29) is 17.5 Å².